The number of Topliss-reactive ketones (excluding diaryl/α,β-unsaturated/α-hetero) is 1. The van der Waals surface area contributed by atoms with Crippen molar-refractivity contribution >= 4 is 11.8 Å². The van der Waals surface area contributed by atoms with Crippen LogP contribution in [-0.4, -0.2) is 21.8 Å². The van der Waals surface area contributed by atoms with Crippen LogP contribution in [0.2, 0.25) is 0 Å². The molecular weight excluding hydrogens is 304 g/mol. The Labute approximate surface area is 138 Å². The van der Waals surface area contributed by atoms with Gasteiger partial charge < -0.3 is 5.11 Å². The van der Waals surface area contributed by atoms with Gasteiger partial charge in [-0.15, -0.1) is 0 Å². The van der Waals surface area contributed by atoms with Gasteiger partial charge in [0.05, 0.1) is 18.0 Å². The maximum Gasteiger partial charge on any atom is 0.335 e. The van der Waals surface area contributed by atoms with Crippen LogP contribution in [0, 0.1) is 0 Å². The third kappa shape index (κ3) is 3.35. The third-order valence-corrected chi connectivity index (χ3v) is 3.65. The van der Waals surface area contributed by atoms with E-state index in [0.717, 1.165) is 0 Å². The van der Waals surface area contributed by atoms with E-state index in [0.29, 0.717) is 16.8 Å². The van der Waals surface area contributed by atoms with E-state index >= 15 is 0 Å². The Morgan fingerprint density at radius 1 is 1.00 bits per heavy atom. The van der Waals surface area contributed by atoms with Gasteiger partial charge in [-0.2, -0.15) is 4.57 Å². The van der Waals surface area contributed by atoms with Gasteiger partial charge in [-0.3, -0.25) is 9.78 Å². The molecule has 0 unspecified atom stereocenters. The predicted octanol–water partition coefficient (Wildman–Crippen LogP) is 2.62. The van der Waals surface area contributed by atoms with E-state index in [4.69, 9.17) is 5.11 Å². The number of carboxylic acid groups (broad SMARTS) is 1. The van der Waals surface area contributed by atoms with E-state index in [1.807, 2.05) is 18.2 Å². The minimum absolute atomic E-state index is 0.0255. The van der Waals surface area contributed by atoms with Gasteiger partial charge in [0.2, 0.25) is 18.0 Å². The number of rotatable bonds is 5. The first kappa shape index (κ1) is 15.6. The van der Waals surface area contributed by atoms with Crippen molar-refractivity contribution in [3.63, 3.8) is 0 Å². The maximum absolute atomic E-state index is 12.4. The normalized spacial score (nSPS) is 10.3. The largest absolute Gasteiger partial charge is 0.478 e. The number of aromatic carboxylic acids is 1. The number of ketones is 1. The summed E-state index contributed by atoms with van der Waals surface area (Å²) in [4.78, 5) is 27.7. The first-order valence-corrected chi connectivity index (χ1v) is 7.40. The fourth-order valence-electron chi connectivity index (χ4n) is 2.45. The lowest BCUT2D eigenvalue weighted by molar-refractivity contribution is -0.672. The summed E-state index contributed by atoms with van der Waals surface area (Å²) in [7, 11) is 0. The van der Waals surface area contributed by atoms with E-state index in [2.05, 4.69) is 4.98 Å². The van der Waals surface area contributed by atoms with Crippen LogP contribution in [0.25, 0.3) is 11.3 Å². The number of carboxylic acids is 1. The molecule has 0 aliphatic carbocycles. The zero-order valence-electron chi connectivity index (χ0n) is 12.8. The molecule has 24 heavy (non-hydrogen) atoms. The number of hydrogen-bond donors (Lipinski definition) is 1. The second kappa shape index (κ2) is 6.83. The molecule has 118 valence electrons. The zero-order chi connectivity index (χ0) is 16.9. The first-order chi connectivity index (χ1) is 11.6. The van der Waals surface area contributed by atoms with Crippen molar-refractivity contribution in [2.75, 3.05) is 0 Å². The van der Waals surface area contributed by atoms with Crippen molar-refractivity contribution in [2.45, 2.75) is 6.54 Å². The molecular formula is C19H15N2O3+. The van der Waals surface area contributed by atoms with Crippen LogP contribution in [0.4, 0.5) is 0 Å². The second-order valence-corrected chi connectivity index (χ2v) is 5.26. The molecule has 1 aromatic heterocycles. The Kier molecular flexibility index (Phi) is 4.43. The molecule has 5 heteroatoms. The van der Waals surface area contributed by atoms with Crippen LogP contribution in [0.5, 0.6) is 0 Å². The molecule has 0 atom stereocenters. The summed E-state index contributed by atoms with van der Waals surface area (Å²) in [6.45, 7) is 0.152. The van der Waals surface area contributed by atoms with E-state index in [1.165, 1.54) is 6.07 Å². The average molecular weight is 319 g/mol. The number of benzene rings is 2. The Hall–Kier alpha value is -3.34. The van der Waals surface area contributed by atoms with Crippen LogP contribution in [0.15, 0.2) is 73.2 Å². The van der Waals surface area contributed by atoms with Gasteiger partial charge >= 0.3 is 5.97 Å². The van der Waals surface area contributed by atoms with Crippen LogP contribution in [0.1, 0.15) is 20.7 Å². The Morgan fingerprint density at radius 2 is 1.75 bits per heavy atom. The summed E-state index contributed by atoms with van der Waals surface area (Å²) in [5.41, 5.74) is 2.21. The van der Waals surface area contributed by atoms with Crippen molar-refractivity contribution in [1.82, 2.24) is 4.98 Å². The molecule has 0 saturated heterocycles. The first-order valence-electron chi connectivity index (χ1n) is 7.40. The zero-order valence-corrected chi connectivity index (χ0v) is 12.8. The summed E-state index contributed by atoms with van der Waals surface area (Å²) in [5, 5.41) is 9.14. The number of carbonyl (C=O) groups is 2. The highest BCUT2D eigenvalue weighted by molar-refractivity contribution is 5.95. The van der Waals surface area contributed by atoms with Gasteiger partial charge in [0.15, 0.2) is 6.20 Å². The quantitative estimate of drug-likeness (QED) is 0.580. The monoisotopic (exact) mass is 319 g/mol. The van der Waals surface area contributed by atoms with Crippen LogP contribution < -0.4 is 4.57 Å². The van der Waals surface area contributed by atoms with E-state index in [9.17, 15) is 9.59 Å². The maximum atomic E-state index is 12.4. The minimum atomic E-state index is -0.993. The van der Waals surface area contributed by atoms with E-state index in [1.54, 1.807) is 53.5 Å². The van der Waals surface area contributed by atoms with E-state index in [-0.39, 0.29) is 17.9 Å². The fraction of sp³-hybridized carbons (Fsp3) is 0.0526. The van der Waals surface area contributed by atoms with E-state index < -0.39 is 5.97 Å². The highest BCUT2D eigenvalue weighted by Gasteiger charge is 2.18. The molecule has 5 nitrogen and oxygen atoms in total. The highest BCUT2D eigenvalue weighted by atomic mass is 16.4. The van der Waals surface area contributed by atoms with Crippen LogP contribution in [-0.2, 0) is 6.54 Å². The van der Waals surface area contributed by atoms with Gasteiger partial charge in [-0.05, 0) is 18.2 Å². The number of nitrogens with zero attached hydrogens (tertiary/aromatic N) is 2. The molecule has 1 heterocycles. The van der Waals surface area contributed by atoms with Gasteiger partial charge in [-0.25, -0.2) is 4.79 Å². The lowest BCUT2D eigenvalue weighted by atomic mass is 10.1. The second-order valence-electron chi connectivity index (χ2n) is 5.26. The molecule has 1 N–H and O–H groups in total. The van der Waals surface area contributed by atoms with Crippen molar-refractivity contribution in [3.8, 4) is 11.3 Å². The SMILES string of the molecule is O=C(O)c1cccc(-c2cncc[n+]2CC(=O)c2ccccc2)c1. The number of aromatic nitrogens is 2. The Bertz CT molecular complexity index is 892. The van der Waals surface area contributed by atoms with Gasteiger partial charge in [0.25, 0.3) is 0 Å². The van der Waals surface area contributed by atoms with Gasteiger partial charge in [-0.1, -0.05) is 36.4 Å². The average Bonchev–Trinajstić information content (AvgIpc) is 2.63. The highest BCUT2D eigenvalue weighted by Crippen LogP contribution is 2.16. The molecule has 0 saturated carbocycles. The third-order valence-electron chi connectivity index (χ3n) is 3.65. The predicted molar refractivity (Wildman–Crippen MR) is 87.6 cm³/mol. The lowest BCUT2D eigenvalue weighted by Gasteiger charge is -2.04. The number of carbonyl (C=O) groups excluding carboxylic acids is 1. The van der Waals surface area contributed by atoms with Crippen molar-refractivity contribution in [1.29, 1.82) is 0 Å². The molecule has 0 fully saturated rings. The Balaban J connectivity index is 1.95. The summed E-state index contributed by atoms with van der Waals surface area (Å²) in [5.74, 6) is -1.02. The molecule has 0 aliphatic heterocycles. The molecule has 0 radical (unpaired) electrons. The smallest absolute Gasteiger partial charge is 0.335 e. The molecule has 3 rings (SSSR count). The molecule has 0 aliphatic rings. The lowest BCUT2D eigenvalue weighted by Crippen LogP contribution is -2.40. The number of hydrogen-bond acceptors (Lipinski definition) is 3. The standard InChI is InChI=1S/C19H14N2O3/c22-18(14-5-2-1-3-6-14)13-21-10-9-20-12-17(21)15-7-4-8-16(11-15)19(23)24/h1-12H,13H2/p+1. The van der Waals surface area contributed by atoms with Crippen LogP contribution in [0.3, 0.4) is 0 Å². The summed E-state index contributed by atoms with van der Waals surface area (Å²) in [6, 6.07) is 15.6. The molecule has 0 spiro atoms. The molecule has 2 aromatic carbocycles. The molecule has 0 bridgehead atoms. The van der Waals surface area contributed by atoms with Crippen molar-refractivity contribution < 1.29 is 19.3 Å². The topological polar surface area (TPSA) is 71.1 Å². The van der Waals surface area contributed by atoms with Gasteiger partial charge in [0.1, 0.15) is 0 Å². The summed E-state index contributed by atoms with van der Waals surface area (Å²) < 4.78 is 1.77. The minimum Gasteiger partial charge on any atom is -0.478 e. The van der Waals surface area contributed by atoms with Crippen molar-refractivity contribution in [2.24, 2.45) is 0 Å². The summed E-state index contributed by atoms with van der Waals surface area (Å²) in [6.07, 6.45) is 4.94. The van der Waals surface area contributed by atoms with Gasteiger partial charge in [0, 0.05) is 11.1 Å². The van der Waals surface area contributed by atoms with Crippen LogP contribution >= 0.6 is 0 Å². The molecule has 0 amide bonds. The summed E-state index contributed by atoms with van der Waals surface area (Å²) >= 11 is 0. The molecule has 3 aromatic rings. The Morgan fingerprint density at radius 3 is 2.50 bits per heavy atom. The fourth-order valence-corrected chi connectivity index (χ4v) is 2.45. The van der Waals surface area contributed by atoms with Crippen molar-refractivity contribution in [3.05, 3.63) is 84.3 Å².